The second kappa shape index (κ2) is 6.40. The third-order valence-corrected chi connectivity index (χ3v) is 4.18. The molecular formula is C15H20ClNO2. The normalized spacial score (nSPS) is 24.9. The lowest BCUT2D eigenvalue weighted by Crippen LogP contribution is -2.36. The summed E-state index contributed by atoms with van der Waals surface area (Å²) < 4.78 is 0. The fraction of sp³-hybridized carbons (Fsp3) is 0.533. The lowest BCUT2D eigenvalue weighted by molar-refractivity contribution is -0.142. The molecule has 1 unspecified atom stereocenters. The lowest BCUT2D eigenvalue weighted by atomic mass is 9.85. The van der Waals surface area contributed by atoms with Crippen LogP contribution in [0.2, 0.25) is 5.02 Å². The minimum atomic E-state index is -0.649. The molecule has 2 rings (SSSR count). The molecule has 0 amide bonds. The molecule has 0 heterocycles. The highest BCUT2D eigenvalue weighted by Gasteiger charge is 2.26. The molecule has 1 fully saturated rings. The fourth-order valence-electron chi connectivity index (χ4n) is 2.71. The molecule has 0 saturated heterocycles. The molecule has 1 aliphatic carbocycles. The monoisotopic (exact) mass is 281 g/mol. The number of rotatable bonds is 4. The van der Waals surface area contributed by atoms with Crippen LogP contribution in [0, 0.1) is 5.92 Å². The van der Waals surface area contributed by atoms with Crippen molar-refractivity contribution in [1.82, 2.24) is 5.32 Å². The number of carboxylic acid groups (broad SMARTS) is 1. The third kappa shape index (κ3) is 3.95. The van der Waals surface area contributed by atoms with E-state index >= 15 is 0 Å². The molecule has 1 aromatic rings. The molecule has 1 aromatic carbocycles. The molecule has 1 aliphatic rings. The first-order valence-electron chi connectivity index (χ1n) is 6.80. The van der Waals surface area contributed by atoms with E-state index in [0.29, 0.717) is 6.04 Å². The van der Waals surface area contributed by atoms with Gasteiger partial charge in [0.15, 0.2) is 0 Å². The zero-order valence-electron chi connectivity index (χ0n) is 11.1. The van der Waals surface area contributed by atoms with E-state index in [4.69, 9.17) is 16.7 Å². The van der Waals surface area contributed by atoms with Crippen LogP contribution in [0.1, 0.15) is 44.2 Å². The van der Waals surface area contributed by atoms with Crippen LogP contribution < -0.4 is 5.32 Å². The zero-order valence-corrected chi connectivity index (χ0v) is 11.9. The number of hydrogen-bond acceptors (Lipinski definition) is 2. The van der Waals surface area contributed by atoms with Gasteiger partial charge in [-0.3, -0.25) is 4.79 Å². The molecule has 104 valence electrons. The summed E-state index contributed by atoms with van der Waals surface area (Å²) in [7, 11) is 0. The van der Waals surface area contributed by atoms with Gasteiger partial charge in [-0.25, -0.2) is 0 Å². The van der Waals surface area contributed by atoms with Gasteiger partial charge < -0.3 is 10.4 Å². The summed E-state index contributed by atoms with van der Waals surface area (Å²) in [6, 6.07) is 8.54. The van der Waals surface area contributed by atoms with Gasteiger partial charge in [0.05, 0.1) is 5.92 Å². The first-order chi connectivity index (χ1) is 9.06. The Bertz CT molecular complexity index is 424. The number of aliphatic carboxylic acids is 1. The molecule has 2 N–H and O–H groups in total. The molecule has 0 aromatic heterocycles. The van der Waals surface area contributed by atoms with Gasteiger partial charge >= 0.3 is 5.97 Å². The van der Waals surface area contributed by atoms with Crippen LogP contribution in [-0.4, -0.2) is 17.1 Å². The van der Waals surface area contributed by atoms with Gasteiger partial charge in [0, 0.05) is 17.1 Å². The molecule has 1 atom stereocenters. The Morgan fingerprint density at radius 1 is 1.26 bits per heavy atom. The van der Waals surface area contributed by atoms with Gasteiger partial charge in [-0.2, -0.15) is 0 Å². The van der Waals surface area contributed by atoms with Crippen LogP contribution in [0.3, 0.4) is 0 Å². The van der Waals surface area contributed by atoms with E-state index in [2.05, 4.69) is 12.2 Å². The second-order valence-corrected chi connectivity index (χ2v) is 5.76. The van der Waals surface area contributed by atoms with Crippen LogP contribution in [-0.2, 0) is 4.79 Å². The van der Waals surface area contributed by atoms with Crippen LogP contribution >= 0.6 is 11.6 Å². The Balaban J connectivity index is 1.85. The van der Waals surface area contributed by atoms with E-state index in [1.165, 1.54) is 5.56 Å². The SMILES string of the molecule is CC(NC1CCC(C(=O)O)CC1)c1ccc(Cl)cc1. The van der Waals surface area contributed by atoms with Crippen LogP contribution in [0.25, 0.3) is 0 Å². The van der Waals surface area contributed by atoms with Crippen LogP contribution in [0.15, 0.2) is 24.3 Å². The minimum Gasteiger partial charge on any atom is -0.481 e. The Labute approximate surface area is 119 Å². The number of halogens is 1. The average molecular weight is 282 g/mol. The second-order valence-electron chi connectivity index (χ2n) is 5.33. The van der Waals surface area contributed by atoms with Crippen molar-refractivity contribution in [2.24, 2.45) is 5.92 Å². The maximum absolute atomic E-state index is 10.9. The highest BCUT2D eigenvalue weighted by molar-refractivity contribution is 6.30. The van der Waals surface area contributed by atoms with E-state index in [9.17, 15) is 4.79 Å². The Kier molecular flexibility index (Phi) is 4.83. The maximum Gasteiger partial charge on any atom is 0.306 e. The van der Waals surface area contributed by atoms with Crippen molar-refractivity contribution < 1.29 is 9.90 Å². The number of hydrogen-bond donors (Lipinski definition) is 2. The van der Waals surface area contributed by atoms with Gasteiger partial charge in [-0.05, 0) is 50.3 Å². The van der Waals surface area contributed by atoms with Crippen molar-refractivity contribution in [3.63, 3.8) is 0 Å². The van der Waals surface area contributed by atoms with Gasteiger partial charge in [-0.1, -0.05) is 23.7 Å². The van der Waals surface area contributed by atoms with Crippen molar-refractivity contribution in [3.8, 4) is 0 Å². The molecule has 0 bridgehead atoms. The largest absolute Gasteiger partial charge is 0.481 e. The van der Waals surface area contributed by atoms with E-state index in [0.717, 1.165) is 30.7 Å². The number of nitrogens with one attached hydrogen (secondary N) is 1. The van der Waals surface area contributed by atoms with Crippen molar-refractivity contribution >= 4 is 17.6 Å². The summed E-state index contributed by atoms with van der Waals surface area (Å²) in [6.45, 7) is 2.13. The van der Waals surface area contributed by atoms with Gasteiger partial charge in [-0.15, -0.1) is 0 Å². The molecule has 3 nitrogen and oxygen atoms in total. The van der Waals surface area contributed by atoms with Gasteiger partial charge in [0.1, 0.15) is 0 Å². The summed E-state index contributed by atoms with van der Waals surface area (Å²) in [6.07, 6.45) is 3.43. The number of benzene rings is 1. The first kappa shape index (κ1) is 14.4. The van der Waals surface area contributed by atoms with E-state index in [-0.39, 0.29) is 12.0 Å². The standard InChI is InChI=1S/C15H20ClNO2/c1-10(11-2-6-13(16)7-3-11)17-14-8-4-12(5-9-14)15(18)19/h2-3,6-7,10,12,14,17H,4-5,8-9H2,1H3,(H,18,19). The Hall–Kier alpha value is -1.06. The van der Waals surface area contributed by atoms with E-state index in [1.54, 1.807) is 0 Å². The highest BCUT2D eigenvalue weighted by Crippen LogP contribution is 2.26. The Morgan fingerprint density at radius 2 is 1.84 bits per heavy atom. The summed E-state index contributed by atoms with van der Waals surface area (Å²) in [5, 5.41) is 13.3. The molecule has 1 saturated carbocycles. The van der Waals surface area contributed by atoms with Crippen LogP contribution in [0.5, 0.6) is 0 Å². The Morgan fingerprint density at radius 3 is 2.37 bits per heavy atom. The molecule has 19 heavy (non-hydrogen) atoms. The quantitative estimate of drug-likeness (QED) is 0.886. The highest BCUT2D eigenvalue weighted by atomic mass is 35.5. The predicted octanol–water partition coefficient (Wildman–Crippen LogP) is 3.63. The average Bonchev–Trinajstić information content (AvgIpc) is 2.40. The summed E-state index contributed by atoms with van der Waals surface area (Å²) in [4.78, 5) is 10.9. The van der Waals surface area contributed by atoms with E-state index < -0.39 is 5.97 Å². The number of carbonyl (C=O) groups is 1. The number of carboxylic acids is 1. The van der Waals surface area contributed by atoms with Crippen molar-refractivity contribution in [2.45, 2.75) is 44.7 Å². The smallest absolute Gasteiger partial charge is 0.306 e. The van der Waals surface area contributed by atoms with Crippen molar-refractivity contribution in [1.29, 1.82) is 0 Å². The first-order valence-corrected chi connectivity index (χ1v) is 7.18. The third-order valence-electron chi connectivity index (χ3n) is 3.93. The van der Waals surface area contributed by atoms with Gasteiger partial charge in [0.2, 0.25) is 0 Å². The summed E-state index contributed by atoms with van der Waals surface area (Å²) >= 11 is 5.88. The molecule has 0 spiro atoms. The summed E-state index contributed by atoms with van der Waals surface area (Å²) in [5.74, 6) is -0.798. The van der Waals surface area contributed by atoms with Gasteiger partial charge in [0.25, 0.3) is 0 Å². The maximum atomic E-state index is 10.9. The predicted molar refractivity (Wildman–Crippen MR) is 76.4 cm³/mol. The molecule has 0 aliphatic heterocycles. The molecule has 4 heteroatoms. The zero-order chi connectivity index (χ0) is 13.8. The van der Waals surface area contributed by atoms with Crippen molar-refractivity contribution in [2.75, 3.05) is 0 Å². The molecular weight excluding hydrogens is 262 g/mol. The fourth-order valence-corrected chi connectivity index (χ4v) is 2.83. The van der Waals surface area contributed by atoms with Crippen LogP contribution in [0.4, 0.5) is 0 Å². The van der Waals surface area contributed by atoms with Crippen molar-refractivity contribution in [3.05, 3.63) is 34.9 Å². The van der Waals surface area contributed by atoms with E-state index in [1.807, 2.05) is 24.3 Å². The summed E-state index contributed by atoms with van der Waals surface area (Å²) in [5.41, 5.74) is 1.21. The minimum absolute atomic E-state index is 0.149. The topological polar surface area (TPSA) is 49.3 Å². The lowest BCUT2D eigenvalue weighted by Gasteiger charge is -2.29. The molecule has 0 radical (unpaired) electrons.